The summed E-state index contributed by atoms with van der Waals surface area (Å²) in [5, 5.41) is 0. The average Bonchev–Trinajstić information content (AvgIpc) is 2.24. The van der Waals surface area contributed by atoms with Crippen molar-refractivity contribution in [2.24, 2.45) is 0 Å². The molecule has 0 aromatic carbocycles. The Labute approximate surface area is 153 Å². The third kappa shape index (κ3) is 13.4. The molecule has 0 spiro atoms. The summed E-state index contributed by atoms with van der Waals surface area (Å²) in [5.74, 6) is -0.462. The fraction of sp³-hybridized carbons (Fsp3) is 0.909. The number of hydrogen-bond acceptors (Lipinski definition) is 3. The van der Waals surface area contributed by atoms with Crippen LogP contribution in [0, 0.1) is 0 Å². The molecule has 0 aromatic rings. The molecule has 0 radical (unpaired) electrons. The van der Waals surface area contributed by atoms with Gasteiger partial charge >= 0.3 is 51.4 Å². The summed E-state index contributed by atoms with van der Waals surface area (Å²) in [5.41, 5.74) is 0. The van der Waals surface area contributed by atoms with Gasteiger partial charge in [0.05, 0.1) is 5.75 Å². The maximum absolute atomic E-state index is 11.5. The van der Waals surface area contributed by atoms with E-state index in [9.17, 15) is 13.2 Å². The molecule has 0 fully saturated rings. The topological polar surface area (TPSA) is 74.7 Å². The molecule has 7 heteroatoms. The number of carbonyl (C=O) groups is 1. The van der Waals surface area contributed by atoms with E-state index in [0.717, 1.165) is 19.3 Å². The second-order valence-electron chi connectivity index (χ2n) is 4.27. The van der Waals surface area contributed by atoms with Gasteiger partial charge in [0.1, 0.15) is 0 Å². The quantitative estimate of drug-likeness (QED) is 0.392. The van der Waals surface area contributed by atoms with E-state index in [0.29, 0.717) is 6.42 Å². The second-order valence-corrected chi connectivity index (χ2v) is 5.84. The molecular formula is C11H24KNO4S. The molecule has 5 nitrogen and oxygen atoms in total. The molecule has 0 atom stereocenters. The van der Waals surface area contributed by atoms with Crippen LogP contribution in [0.2, 0.25) is 0 Å². The molecule has 0 aliphatic rings. The van der Waals surface area contributed by atoms with Crippen LogP contribution in [0.15, 0.2) is 0 Å². The number of unbranched alkanes of at least 4 members (excludes halogenated alkanes) is 4. The van der Waals surface area contributed by atoms with Gasteiger partial charge in [-0.1, -0.05) is 32.6 Å². The predicted molar refractivity (Wildman–Crippen MR) is 74.6 cm³/mol. The number of nitrogens with zero attached hydrogens (tertiary/aromatic N) is 1. The molecule has 0 aromatic heterocycles. The van der Waals surface area contributed by atoms with Crippen LogP contribution in [0.25, 0.3) is 0 Å². The molecule has 0 aliphatic heterocycles. The summed E-state index contributed by atoms with van der Waals surface area (Å²) in [4.78, 5) is 12.9. The zero-order valence-corrected chi connectivity index (χ0v) is 11.5. The summed E-state index contributed by atoms with van der Waals surface area (Å²) < 4.78 is 29.6. The van der Waals surface area contributed by atoms with Crippen molar-refractivity contribution in [2.45, 2.75) is 45.4 Å². The van der Waals surface area contributed by atoms with E-state index in [-0.39, 0.29) is 63.8 Å². The Morgan fingerprint density at radius 2 is 1.72 bits per heavy atom. The summed E-state index contributed by atoms with van der Waals surface area (Å²) in [6.45, 7) is 2.18. The monoisotopic (exact) mass is 305 g/mol. The van der Waals surface area contributed by atoms with Crippen LogP contribution in [0.5, 0.6) is 0 Å². The van der Waals surface area contributed by atoms with Crippen molar-refractivity contribution in [1.29, 1.82) is 0 Å². The van der Waals surface area contributed by atoms with Gasteiger partial charge in [-0.2, -0.15) is 8.42 Å². The SMILES string of the molecule is CCCCCCCC(=O)N(C)CCS(=O)(=O)O.[KH]. The molecule has 18 heavy (non-hydrogen) atoms. The van der Waals surface area contributed by atoms with Crippen LogP contribution in [0.1, 0.15) is 45.4 Å². The first-order chi connectivity index (χ1) is 7.87. The Kier molecular flexibility index (Phi) is 14.0. The van der Waals surface area contributed by atoms with Crippen molar-refractivity contribution in [3.05, 3.63) is 0 Å². The number of hydrogen-bond donors (Lipinski definition) is 1. The Hall–Kier alpha value is 1.02. The Bertz CT molecular complexity index is 319. The first-order valence-corrected chi connectivity index (χ1v) is 7.67. The number of carbonyl (C=O) groups excluding carboxylic acids is 1. The minimum absolute atomic E-state index is 0. The first kappa shape index (κ1) is 21.3. The van der Waals surface area contributed by atoms with Crippen molar-refractivity contribution in [3.8, 4) is 0 Å². The van der Waals surface area contributed by atoms with Crippen molar-refractivity contribution in [2.75, 3.05) is 19.3 Å². The van der Waals surface area contributed by atoms with Gasteiger partial charge in [0.15, 0.2) is 0 Å². The van der Waals surface area contributed by atoms with E-state index in [2.05, 4.69) is 6.92 Å². The zero-order chi connectivity index (χ0) is 13.3. The Morgan fingerprint density at radius 1 is 1.17 bits per heavy atom. The molecule has 0 unspecified atom stereocenters. The summed E-state index contributed by atoms with van der Waals surface area (Å²) in [6, 6.07) is 0. The Balaban J connectivity index is 0. The minimum atomic E-state index is -3.98. The van der Waals surface area contributed by atoms with Gasteiger partial charge in [0.25, 0.3) is 10.1 Å². The van der Waals surface area contributed by atoms with Crippen LogP contribution in [0.4, 0.5) is 0 Å². The van der Waals surface area contributed by atoms with Gasteiger partial charge in [-0.25, -0.2) is 0 Å². The van der Waals surface area contributed by atoms with Crippen molar-refractivity contribution in [3.63, 3.8) is 0 Å². The fourth-order valence-corrected chi connectivity index (χ4v) is 1.95. The van der Waals surface area contributed by atoms with E-state index in [1.54, 1.807) is 7.05 Å². The molecule has 0 saturated heterocycles. The summed E-state index contributed by atoms with van der Waals surface area (Å²) in [7, 11) is -2.42. The van der Waals surface area contributed by atoms with Crippen LogP contribution in [0.3, 0.4) is 0 Å². The molecule has 1 N–H and O–H groups in total. The molecule has 0 rings (SSSR count). The van der Waals surface area contributed by atoms with Gasteiger partial charge in [0, 0.05) is 20.0 Å². The molecule has 0 aliphatic carbocycles. The van der Waals surface area contributed by atoms with Crippen molar-refractivity contribution >= 4 is 67.4 Å². The van der Waals surface area contributed by atoms with Gasteiger partial charge in [-0.3, -0.25) is 9.35 Å². The van der Waals surface area contributed by atoms with Crippen LogP contribution < -0.4 is 0 Å². The van der Waals surface area contributed by atoms with E-state index in [1.165, 1.54) is 17.7 Å². The second kappa shape index (κ2) is 11.8. The summed E-state index contributed by atoms with van der Waals surface area (Å²) >= 11 is 0. The van der Waals surface area contributed by atoms with E-state index < -0.39 is 15.9 Å². The maximum atomic E-state index is 11.5. The van der Waals surface area contributed by atoms with E-state index in [1.807, 2.05) is 0 Å². The molecular weight excluding hydrogens is 281 g/mol. The molecule has 1 amide bonds. The number of amides is 1. The van der Waals surface area contributed by atoms with Crippen LogP contribution in [-0.2, 0) is 14.9 Å². The van der Waals surface area contributed by atoms with Crippen LogP contribution >= 0.6 is 0 Å². The predicted octanol–water partition coefficient (Wildman–Crippen LogP) is 1.04. The standard InChI is InChI=1S/C11H23NO4S.K.H/c1-3-4-5-6-7-8-11(13)12(2)9-10-17(14,15)16;;/h3-10H2,1-2H3,(H,14,15,16);;. The van der Waals surface area contributed by atoms with Crippen molar-refractivity contribution in [1.82, 2.24) is 4.90 Å². The van der Waals surface area contributed by atoms with Gasteiger partial charge in [-0.05, 0) is 6.42 Å². The number of rotatable bonds is 9. The zero-order valence-electron chi connectivity index (χ0n) is 10.7. The summed E-state index contributed by atoms with van der Waals surface area (Å²) in [6.07, 6.45) is 5.82. The van der Waals surface area contributed by atoms with Gasteiger partial charge in [-0.15, -0.1) is 0 Å². The Morgan fingerprint density at radius 3 is 2.22 bits per heavy atom. The molecule has 0 saturated carbocycles. The molecule has 0 heterocycles. The van der Waals surface area contributed by atoms with E-state index >= 15 is 0 Å². The van der Waals surface area contributed by atoms with Gasteiger partial charge in [0.2, 0.25) is 5.91 Å². The van der Waals surface area contributed by atoms with Crippen molar-refractivity contribution < 1.29 is 17.8 Å². The third-order valence-corrected chi connectivity index (χ3v) is 3.30. The molecule has 104 valence electrons. The molecule has 0 bridgehead atoms. The van der Waals surface area contributed by atoms with Gasteiger partial charge < -0.3 is 4.90 Å². The third-order valence-electron chi connectivity index (χ3n) is 2.60. The van der Waals surface area contributed by atoms with Crippen LogP contribution in [-0.4, -0.2) is 94.5 Å². The van der Waals surface area contributed by atoms with E-state index in [4.69, 9.17) is 4.55 Å². The normalized spacial score (nSPS) is 10.8. The first-order valence-electron chi connectivity index (χ1n) is 6.06. The fourth-order valence-electron chi connectivity index (χ4n) is 1.45. The average molecular weight is 305 g/mol.